The molecule has 0 spiro atoms. The maximum absolute atomic E-state index is 12.5. The number of urea groups is 1. The molecule has 1 aliphatic heterocycles. The molecule has 0 unspecified atom stereocenters. The fourth-order valence-corrected chi connectivity index (χ4v) is 2.80. The van der Waals surface area contributed by atoms with Gasteiger partial charge in [0.15, 0.2) is 0 Å². The summed E-state index contributed by atoms with van der Waals surface area (Å²) in [6, 6.07) is 16.3. The Bertz CT molecular complexity index is 931. The lowest BCUT2D eigenvalue weighted by atomic mass is 10.3. The van der Waals surface area contributed by atoms with Crippen LogP contribution in [0.5, 0.6) is 0 Å². The third-order valence-corrected chi connectivity index (χ3v) is 4.06. The van der Waals surface area contributed by atoms with E-state index in [1.165, 1.54) is 0 Å². The Kier molecular flexibility index (Phi) is 4.57. The zero-order chi connectivity index (χ0) is 17.8. The summed E-state index contributed by atoms with van der Waals surface area (Å²) in [6.07, 6.45) is 0. The van der Waals surface area contributed by atoms with E-state index in [0.717, 1.165) is 11.0 Å². The van der Waals surface area contributed by atoms with Crippen molar-refractivity contribution in [1.82, 2.24) is 19.9 Å². The summed E-state index contributed by atoms with van der Waals surface area (Å²) in [7, 11) is 0. The summed E-state index contributed by atoms with van der Waals surface area (Å²) < 4.78 is 7.02. The van der Waals surface area contributed by atoms with Crippen LogP contribution in [0.2, 0.25) is 0 Å². The van der Waals surface area contributed by atoms with E-state index in [9.17, 15) is 4.79 Å². The van der Waals surface area contributed by atoms with E-state index in [0.29, 0.717) is 38.0 Å². The van der Waals surface area contributed by atoms with Crippen LogP contribution in [-0.4, -0.2) is 58.2 Å². The number of fused-ring (bicyclic) bond motifs is 1. The Morgan fingerprint density at radius 1 is 1.04 bits per heavy atom. The number of hydrogen-bond donors (Lipinski definition) is 1. The van der Waals surface area contributed by atoms with Gasteiger partial charge in [-0.2, -0.15) is 9.67 Å². The molecule has 0 aliphatic carbocycles. The van der Waals surface area contributed by atoms with Gasteiger partial charge in [-0.3, -0.25) is 0 Å². The molecule has 1 fully saturated rings. The van der Waals surface area contributed by atoms with Gasteiger partial charge >= 0.3 is 6.03 Å². The van der Waals surface area contributed by atoms with Crippen LogP contribution in [0, 0.1) is 0 Å². The molecule has 1 aliphatic rings. The smallest absolute Gasteiger partial charge is 0.348 e. The molecule has 3 aromatic rings. The van der Waals surface area contributed by atoms with Gasteiger partial charge in [0.05, 0.1) is 18.7 Å². The van der Waals surface area contributed by atoms with Crippen molar-refractivity contribution in [3.63, 3.8) is 0 Å². The number of aliphatic imine (C=N–C) groups is 1. The van der Waals surface area contributed by atoms with E-state index in [-0.39, 0.29) is 0 Å². The van der Waals surface area contributed by atoms with E-state index in [1.54, 1.807) is 4.68 Å². The number of aromatic nitrogens is 3. The first kappa shape index (κ1) is 16.2. The summed E-state index contributed by atoms with van der Waals surface area (Å²) in [4.78, 5) is 18.7. The summed E-state index contributed by atoms with van der Waals surface area (Å²) in [5.74, 6) is 0.440. The van der Waals surface area contributed by atoms with E-state index >= 15 is 0 Å². The van der Waals surface area contributed by atoms with E-state index in [2.05, 4.69) is 20.6 Å². The molecule has 8 nitrogen and oxygen atoms in total. The highest BCUT2D eigenvalue weighted by molar-refractivity contribution is 6.01. The summed E-state index contributed by atoms with van der Waals surface area (Å²) >= 11 is 0. The average molecular weight is 350 g/mol. The summed E-state index contributed by atoms with van der Waals surface area (Å²) in [5, 5.41) is 11.1. The molecule has 26 heavy (non-hydrogen) atoms. The van der Waals surface area contributed by atoms with Gasteiger partial charge < -0.3 is 15.0 Å². The van der Waals surface area contributed by atoms with Crippen LogP contribution in [-0.2, 0) is 4.74 Å². The van der Waals surface area contributed by atoms with Crippen molar-refractivity contribution in [2.75, 3.05) is 31.6 Å². The minimum absolute atomic E-state index is 0.440. The fourth-order valence-electron chi connectivity index (χ4n) is 2.80. The van der Waals surface area contributed by atoms with Crippen LogP contribution in [0.25, 0.3) is 11.0 Å². The normalized spacial score (nSPS) is 15.2. The Morgan fingerprint density at radius 2 is 1.77 bits per heavy atom. The quantitative estimate of drug-likeness (QED) is 0.537. The number of ether oxygens (including phenoxy) is 1. The van der Waals surface area contributed by atoms with Gasteiger partial charge in [0, 0.05) is 18.8 Å². The highest BCUT2D eigenvalue weighted by Crippen LogP contribution is 2.13. The van der Waals surface area contributed by atoms with Gasteiger partial charge in [0.1, 0.15) is 5.52 Å². The number of morpholine rings is 1. The van der Waals surface area contributed by atoms with Crippen molar-refractivity contribution in [3.8, 4) is 0 Å². The highest BCUT2D eigenvalue weighted by Gasteiger charge is 2.21. The number of hydrogen-bond acceptors (Lipinski definition) is 4. The van der Waals surface area contributed by atoms with Crippen molar-refractivity contribution in [1.29, 1.82) is 0 Å². The maximum Gasteiger partial charge on any atom is 0.348 e. The SMILES string of the molecule is O=C(/N=C(\N1CCOCC1)n1nnc2ccccc21)Nc1ccccc1. The monoisotopic (exact) mass is 350 g/mol. The number of anilines is 1. The fraction of sp³-hybridized carbons (Fsp3) is 0.222. The van der Waals surface area contributed by atoms with Crippen LogP contribution >= 0.6 is 0 Å². The van der Waals surface area contributed by atoms with Gasteiger partial charge in [-0.05, 0) is 24.3 Å². The minimum atomic E-state index is -0.461. The first-order valence-corrected chi connectivity index (χ1v) is 8.39. The molecule has 0 atom stereocenters. The number of nitrogens with zero attached hydrogens (tertiary/aromatic N) is 5. The highest BCUT2D eigenvalue weighted by atomic mass is 16.5. The van der Waals surface area contributed by atoms with Crippen molar-refractivity contribution < 1.29 is 9.53 Å². The summed E-state index contributed by atoms with van der Waals surface area (Å²) in [5.41, 5.74) is 2.23. The molecule has 8 heteroatoms. The van der Waals surface area contributed by atoms with Crippen LogP contribution < -0.4 is 5.32 Å². The van der Waals surface area contributed by atoms with Crippen LogP contribution in [0.1, 0.15) is 0 Å². The van der Waals surface area contributed by atoms with Gasteiger partial charge in [-0.1, -0.05) is 35.5 Å². The first-order chi connectivity index (χ1) is 12.8. The van der Waals surface area contributed by atoms with Crippen LogP contribution in [0.4, 0.5) is 10.5 Å². The number of carbonyl (C=O) groups excluding carboxylic acids is 1. The van der Waals surface area contributed by atoms with E-state index in [4.69, 9.17) is 4.74 Å². The number of rotatable bonds is 1. The van der Waals surface area contributed by atoms with Crippen LogP contribution in [0.15, 0.2) is 59.6 Å². The molecule has 2 heterocycles. The lowest BCUT2D eigenvalue weighted by molar-refractivity contribution is 0.0664. The first-order valence-electron chi connectivity index (χ1n) is 8.39. The van der Waals surface area contributed by atoms with Crippen molar-refractivity contribution in [3.05, 3.63) is 54.6 Å². The molecule has 2 amide bonds. The molecular weight excluding hydrogens is 332 g/mol. The Morgan fingerprint density at radius 3 is 2.58 bits per heavy atom. The largest absolute Gasteiger partial charge is 0.378 e. The second kappa shape index (κ2) is 7.32. The molecule has 1 aromatic heterocycles. The second-order valence-corrected chi connectivity index (χ2v) is 5.80. The molecule has 132 valence electrons. The predicted molar refractivity (Wildman–Crippen MR) is 98.2 cm³/mol. The molecule has 0 radical (unpaired) electrons. The maximum atomic E-state index is 12.5. The lowest BCUT2D eigenvalue weighted by Crippen LogP contribution is -2.44. The zero-order valence-electron chi connectivity index (χ0n) is 14.1. The third-order valence-electron chi connectivity index (χ3n) is 4.06. The molecule has 4 rings (SSSR count). The minimum Gasteiger partial charge on any atom is -0.378 e. The van der Waals surface area contributed by atoms with Crippen molar-refractivity contribution in [2.45, 2.75) is 0 Å². The van der Waals surface area contributed by atoms with E-state index < -0.39 is 6.03 Å². The number of nitrogens with one attached hydrogen (secondary N) is 1. The van der Waals surface area contributed by atoms with Gasteiger partial charge in [-0.25, -0.2) is 4.79 Å². The van der Waals surface area contributed by atoms with Gasteiger partial charge in [0.2, 0.25) is 5.96 Å². The lowest BCUT2D eigenvalue weighted by Gasteiger charge is -2.29. The Hall–Kier alpha value is -3.26. The molecule has 0 bridgehead atoms. The molecule has 0 saturated carbocycles. The van der Waals surface area contributed by atoms with Gasteiger partial charge in [0.25, 0.3) is 0 Å². The van der Waals surface area contributed by atoms with Crippen LogP contribution in [0.3, 0.4) is 0 Å². The predicted octanol–water partition coefficient (Wildman–Crippen LogP) is 2.20. The Labute approximate surface area is 150 Å². The zero-order valence-corrected chi connectivity index (χ0v) is 14.1. The average Bonchev–Trinajstić information content (AvgIpc) is 3.11. The molecular formula is C18H18N6O2. The summed E-state index contributed by atoms with van der Waals surface area (Å²) in [6.45, 7) is 2.41. The standard InChI is InChI=1S/C18H18N6O2/c25-17(19-14-6-2-1-3-7-14)20-18(23-10-12-26-13-11-23)24-16-9-5-4-8-15(16)21-22-24/h1-9H,10-13H2,(H,19,25)/b20-18+. The third kappa shape index (κ3) is 3.40. The molecule has 2 aromatic carbocycles. The number of amides is 2. The second-order valence-electron chi connectivity index (χ2n) is 5.80. The van der Waals surface area contributed by atoms with Gasteiger partial charge in [-0.15, -0.1) is 5.10 Å². The number of para-hydroxylation sites is 2. The van der Waals surface area contributed by atoms with E-state index in [1.807, 2.05) is 59.5 Å². The number of carbonyl (C=O) groups is 1. The topological polar surface area (TPSA) is 84.6 Å². The molecule has 1 saturated heterocycles. The van der Waals surface area contributed by atoms with Crippen molar-refractivity contribution >= 4 is 28.7 Å². The number of benzene rings is 2. The Balaban J connectivity index is 1.69. The molecule has 1 N–H and O–H groups in total. The van der Waals surface area contributed by atoms with Crippen molar-refractivity contribution in [2.24, 2.45) is 4.99 Å².